The van der Waals surface area contributed by atoms with Gasteiger partial charge < -0.3 is 19.5 Å². The van der Waals surface area contributed by atoms with Gasteiger partial charge in [0.05, 0.1) is 24.7 Å². The molecule has 148 valence electrons. The Labute approximate surface area is 171 Å². The standard InChI is InChI=1S/C20H21BrN2O5/c1-3-27-18-16(21)10-14(11-17(18)26-2)19(24)22-12-13-5-4-6-15(9-13)23-7-8-28-20(23)25/h4-6,9-11H,3,7-8,12H2,1-2H3,(H,22,24). The highest BCUT2D eigenvalue weighted by molar-refractivity contribution is 9.10. The van der Waals surface area contributed by atoms with Crippen LogP contribution in [0.2, 0.25) is 0 Å². The number of ether oxygens (including phenoxy) is 3. The molecule has 1 N–H and O–H groups in total. The molecule has 0 unspecified atom stereocenters. The van der Waals surface area contributed by atoms with Gasteiger partial charge in [-0.05, 0) is 52.7 Å². The molecule has 0 bridgehead atoms. The average Bonchev–Trinajstić information content (AvgIpc) is 3.13. The topological polar surface area (TPSA) is 77.1 Å². The monoisotopic (exact) mass is 448 g/mol. The number of benzene rings is 2. The van der Waals surface area contributed by atoms with E-state index in [0.29, 0.717) is 47.8 Å². The number of nitrogens with one attached hydrogen (secondary N) is 1. The van der Waals surface area contributed by atoms with E-state index in [1.54, 1.807) is 17.0 Å². The van der Waals surface area contributed by atoms with Crippen molar-refractivity contribution < 1.29 is 23.8 Å². The van der Waals surface area contributed by atoms with Crippen LogP contribution in [0.1, 0.15) is 22.8 Å². The van der Waals surface area contributed by atoms with Gasteiger partial charge >= 0.3 is 6.09 Å². The molecule has 0 atom stereocenters. The lowest BCUT2D eigenvalue weighted by Crippen LogP contribution is -2.25. The van der Waals surface area contributed by atoms with Crippen LogP contribution in [0.4, 0.5) is 10.5 Å². The molecule has 0 aromatic heterocycles. The van der Waals surface area contributed by atoms with Gasteiger partial charge in [0.2, 0.25) is 0 Å². The van der Waals surface area contributed by atoms with Gasteiger partial charge in [-0.15, -0.1) is 0 Å². The molecule has 1 heterocycles. The van der Waals surface area contributed by atoms with Gasteiger partial charge in [-0.3, -0.25) is 9.69 Å². The number of methoxy groups -OCH3 is 1. The normalized spacial score (nSPS) is 13.2. The number of rotatable bonds is 7. The Morgan fingerprint density at radius 1 is 1.32 bits per heavy atom. The zero-order valence-corrected chi connectivity index (χ0v) is 17.2. The van der Waals surface area contributed by atoms with Gasteiger partial charge in [0.25, 0.3) is 5.91 Å². The summed E-state index contributed by atoms with van der Waals surface area (Å²) in [5.41, 5.74) is 2.08. The quantitative estimate of drug-likeness (QED) is 0.697. The molecule has 2 amide bonds. The smallest absolute Gasteiger partial charge is 0.414 e. The largest absolute Gasteiger partial charge is 0.493 e. The van der Waals surface area contributed by atoms with Crippen LogP contribution in [0.15, 0.2) is 40.9 Å². The van der Waals surface area contributed by atoms with Crippen LogP contribution in [0.5, 0.6) is 11.5 Å². The Morgan fingerprint density at radius 2 is 2.14 bits per heavy atom. The number of carbonyl (C=O) groups excluding carboxylic acids is 2. The number of amides is 2. The molecule has 0 spiro atoms. The molecule has 7 nitrogen and oxygen atoms in total. The van der Waals surface area contributed by atoms with Crippen LogP contribution in [0, 0.1) is 0 Å². The molecule has 28 heavy (non-hydrogen) atoms. The molecule has 1 fully saturated rings. The number of hydrogen-bond donors (Lipinski definition) is 1. The third kappa shape index (κ3) is 4.39. The van der Waals surface area contributed by atoms with Crippen LogP contribution in [0.3, 0.4) is 0 Å². The summed E-state index contributed by atoms with van der Waals surface area (Å²) >= 11 is 3.42. The van der Waals surface area contributed by atoms with Crippen LogP contribution in [-0.2, 0) is 11.3 Å². The van der Waals surface area contributed by atoms with E-state index >= 15 is 0 Å². The summed E-state index contributed by atoms with van der Waals surface area (Å²) < 4.78 is 16.5. The van der Waals surface area contributed by atoms with Gasteiger partial charge in [0.15, 0.2) is 11.5 Å². The number of hydrogen-bond acceptors (Lipinski definition) is 5. The fourth-order valence-electron chi connectivity index (χ4n) is 2.88. The fraction of sp³-hybridized carbons (Fsp3) is 0.300. The Balaban J connectivity index is 1.70. The van der Waals surface area contributed by atoms with Crippen LogP contribution < -0.4 is 19.7 Å². The zero-order valence-electron chi connectivity index (χ0n) is 15.7. The molecular formula is C20H21BrN2O5. The van der Waals surface area contributed by atoms with Crippen LogP contribution >= 0.6 is 15.9 Å². The first-order chi connectivity index (χ1) is 13.5. The van der Waals surface area contributed by atoms with Gasteiger partial charge in [0, 0.05) is 17.8 Å². The first-order valence-electron chi connectivity index (χ1n) is 8.85. The third-order valence-electron chi connectivity index (χ3n) is 4.22. The van der Waals surface area contributed by atoms with Crippen LogP contribution in [0.25, 0.3) is 0 Å². The van der Waals surface area contributed by atoms with Gasteiger partial charge in [-0.2, -0.15) is 0 Å². The second kappa shape index (κ2) is 8.97. The van der Waals surface area contributed by atoms with Gasteiger partial charge in [0.1, 0.15) is 6.61 Å². The Bertz CT molecular complexity index is 887. The number of cyclic esters (lactones) is 1. The van der Waals surface area contributed by atoms with Crippen molar-refractivity contribution in [3.8, 4) is 11.5 Å². The van der Waals surface area contributed by atoms with E-state index in [1.807, 2.05) is 31.2 Å². The summed E-state index contributed by atoms with van der Waals surface area (Å²) in [6.07, 6.45) is -0.354. The highest BCUT2D eigenvalue weighted by Gasteiger charge is 2.23. The third-order valence-corrected chi connectivity index (χ3v) is 4.81. The molecule has 3 rings (SSSR count). The van der Waals surface area contributed by atoms with Crippen molar-refractivity contribution in [2.75, 3.05) is 31.8 Å². The van der Waals surface area contributed by atoms with Gasteiger partial charge in [-0.1, -0.05) is 12.1 Å². The average molecular weight is 449 g/mol. The maximum Gasteiger partial charge on any atom is 0.414 e. The number of nitrogens with zero attached hydrogens (tertiary/aromatic N) is 1. The molecule has 0 saturated carbocycles. The predicted octanol–water partition coefficient (Wildman–Crippen LogP) is 3.74. The minimum absolute atomic E-state index is 0.243. The Kier molecular flexibility index (Phi) is 6.41. The van der Waals surface area contributed by atoms with E-state index in [9.17, 15) is 9.59 Å². The van der Waals surface area contributed by atoms with E-state index < -0.39 is 0 Å². The first-order valence-corrected chi connectivity index (χ1v) is 9.64. The summed E-state index contributed by atoms with van der Waals surface area (Å²) in [5.74, 6) is 0.802. The number of carbonyl (C=O) groups is 2. The minimum atomic E-state index is -0.354. The number of halogens is 1. The summed E-state index contributed by atoms with van der Waals surface area (Å²) in [4.78, 5) is 25.9. The van der Waals surface area contributed by atoms with Crippen LogP contribution in [-0.4, -0.2) is 38.9 Å². The lowest BCUT2D eigenvalue weighted by atomic mass is 10.1. The van der Waals surface area contributed by atoms with Crippen molar-refractivity contribution in [2.24, 2.45) is 0 Å². The lowest BCUT2D eigenvalue weighted by molar-refractivity contribution is 0.0950. The van der Waals surface area contributed by atoms with Crippen molar-refractivity contribution in [1.29, 1.82) is 0 Å². The van der Waals surface area contributed by atoms with E-state index in [0.717, 1.165) is 11.3 Å². The summed E-state index contributed by atoms with van der Waals surface area (Å²) in [5, 5.41) is 2.88. The van der Waals surface area contributed by atoms with E-state index in [-0.39, 0.29) is 12.0 Å². The number of anilines is 1. The summed E-state index contributed by atoms with van der Waals surface area (Å²) in [6.45, 7) is 3.59. The van der Waals surface area contributed by atoms with E-state index in [4.69, 9.17) is 14.2 Å². The lowest BCUT2D eigenvalue weighted by Gasteiger charge is -2.15. The maximum atomic E-state index is 12.6. The molecule has 1 aliphatic heterocycles. The molecule has 0 aliphatic carbocycles. The van der Waals surface area contributed by atoms with Gasteiger partial charge in [-0.25, -0.2) is 4.79 Å². The molecule has 2 aromatic rings. The van der Waals surface area contributed by atoms with Crippen molar-refractivity contribution >= 4 is 33.6 Å². The Hall–Kier alpha value is -2.74. The molecule has 0 radical (unpaired) electrons. The van der Waals surface area contributed by atoms with E-state index in [1.165, 1.54) is 7.11 Å². The second-order valence-electron chi connectivity index (χ2n) is 6.04. The first kappa shape index (κ1) is 20.0. The van der Waals surface area contributed by atoms with Crippen molar-refractivity contribution in [3.63, 3.8) is 0 Å². The highest BCUT2D eigenvalue weighted by Crippen LogP contribution is 2.36. The minimum Gasteiger partial charge on any atom is -0.493 e. The predicted molar refractivity (Wildman–Crippen MR) is 108 cm³/mol. The van der Waals surface area contributed by atoms with Crippen molar-refractivity contribution in [1.82, 2.24) is 5.32 Å². The highest BCUT2D eigenvalue weighted by atomic mass is 79.9. The van der Waals surface area contributed by atoms with E-state index in [2.05, 4.69) is 21.2 Å². The summed E-state index contributed by atoms with van der Waals surface area (Å²) in [6, 6.07) is 10.8. The second-order valence-corrected chi connectivity index (χ2v) is 6.90. The Morgan fingerprint density at radius 3 is 2.82 bits per heavy atom. The molecule has 1 saturated heterocycles. The zero-order chi connectivity index (χ0) is 20.1. The SMILES string of the molecule is CCOc1c(Br)cc(C(=O)NCc2cccc(N3CCOC3=O)c2)cc1OC. The molecule has 8 heteroatoms. The maximum absolute atomic E-state index is 12.6. The fourth-order valence-corrected chi connectivity index (χ4v) is 3.44. The molecular weight excluding hydrogens is 428 g/mol. The van der Waals surface area contributed by atoms with Crippen molar-refractivity contribution in [3.05, 3.63) is 52.0 Å². The molecule has 1 aliphatic rings. The summed E-state index contributed by atoms with van der Waals surface area (Å²) in [7, 11) is 1.53. The molecule has 2 aromatic carbocycles. The van der Waals surface area contributed by atoms with Crippen molar-refractivity contribution in [2.45, 2.75) is 13.5 Å².